The van der Waals surface area contributed by atoms with Crippen LogP contribution in [0.2, 0.25) is 0 Å². The highest BCUT2D eigenvalue weighted by atomic mass is 19.3. The summed E-state index contributed by atoms with van der Waals surface area (Å²) in [6, 6.07) is 10.5. The predicted molar refractivity (Wildman–Crippen MR) is 141 cm³/mol. The third-order valence-electron chi connectivity index (χ3n) is 6.97. The van der Waals surface area contributed by atoms with E-state index in [1.165, 1.54) is 4.90 Å². The van der Waals surface area contributed by atoms with Crippen molar-refractivity contribution in [2.24, 2.45) is 0 Å². The fraction of sp³-hybridized carbons (Fsp3) is 0.517. The van der Waals surface area contributed by atoms with Crippen LogP contribution in [-0.2, 0) is 11.2 Å². The molecule has 1 aliphatic rings. The van der Waals surface area contributed by atoms with Gasteiger partial charge in [-0.1, -0.05) is 29.8 Å². The third-order valence-corrected chi connectivity index (χ3v) is 6.97. The van der Waals surface area contributed by atoms with Gasteiger partial charge in [0.15, 0.2) is 5.54 Å². The smallest absolute Gasteiger partial charge is 0.329 e. The number of nitrogens with zero attached hydrogens (tertiary/aromatic N) is 1. The van der Waals surface area contributed by atoms with Gasteiger partial charge in [0.2, 0.25) is 0 Å². The minimum absolute atomic E-state index is 0.287. The molecule has 0 spiro atoms. The molecule has 2 amide bonds. The summed E-state index contributed by atoms with van der Waals surface area (Å²) in [5.41, 5.74) is 1.82. The van der Waals surface area contributed by atoms with Crippen LogP contribution in [0.25, 0.3) is 0 Å². The minimum Gasteiger partial charge on any atom is -0.493 e. The SMILES string of the molecule is CCOc1cc(C(C)N(CCCc2cccc(C)c2)C(=O)NC2(C(=O)O)CC(F)(F)C2)cc(OCC)c1C. The van der Waals surface area contributed by atoms with Crippen molar-refractivity contribution in [2.45, 2.75) is 77.8 Å². The fourth-order valence-corrected chi connectivity index (χ4v) is 4.91. The summed E-state index contributed by atoms with van der Waals surface area (Å²) in [6.45, 7) is 10.7. The zero-order chi connectivity index (χ0) is 28.1. The molecule has 3 rings (SSSR count). The van der Waals surface area contributed by atoms with E-state index < -0.39 is 42.3 Å². The van der Waals surface area contributed by atoms with Crippen molar-refractivity contribution < 1.29 is 33.0 Å². The number of carboxylic acid groups (broad SMARTS) is 1. The number of halogens is 2. The lowest BCUT2D eigenvalue weighted by molar-refractivity contribution is -0.175. The standard InChI is InChI=1S/C29H38F2N2O5/c1-6-37-24-15-23(16-25(20(24)4)38-7-2)21(5)33(13-9-12-22-11-8-10-19(3)14-22)27(36)32-28(26(34)35)17-29(30,31)18-28/h8,10-11,14-16,21H,6-7,9,12-13,17-18H2,1-5H3,(H,32,36)(H,34,35). The zero-order valence-electron chi connectivity index (χ0n) is 22.8. The Hall–Kier alpha value is -3.36. The molecule has 0 aromatic heterocycles. The Kier molecular flexibility index (Phi) is 9.22. The van der Waals surface area contributed by atoms with Gasteiger partial charge in [-0.15, -0.1) is 0 Å². The number of aliphatic carboxylic acids is 1. The second-order valence-electron chi connectivity index (χ2n) is 10.00. The summed E-state index contributed by atoms with van der Waals surface area (Å²) in [5, 5.41) is 12.1. The third kappa shape index (κ3) is 6.74. The molecule has 0 bridgehead atoms. The van der Waals surface area contributed by atoms with Crippen LogP contribution < -0.4 is 14.8 Å². The van der Waals surface area contributed by atoms with Crippen LogP contribution in [-0.4, -0.2) is 53.2 Å². The van der Waals surface area contributed by atoms with Gasteiger partial charge in [0.25, 0.3) is 5.92 Å². The lowest BCUT2D eigenvalue weighted by atomic mass is 9.73. The molecule has 0 radical (unpaired) electrons. The molecule has 2 aromatic rings. The Labute approximate surface area is 223 Å². The molecule has 9 heteroatoms. The molecule has 2 aromatic carbocycles. The first-order valence-corrected chi connectivity index (χ1v) is 13.1. The first-order valence-electron chi connectivity index (χ1n) is 13.1. The van der Waals surface area contributed by atoms with E-state index in [1.807, 2.05) is 65.0 Å². The summed E-state index contributed by atoms with van der Waals surface area (Å²) in [5.74, 6) is -3.33. The van der Waals surface area contributed by atoms with Gasteiger partial charge in [-0.25, -0.2) is 18.4 Å². The van der Waals surface area contributed by atoms with Gasteiger partial charge >= 0.3 is 12.0 Å². The summed E-state index contributed by atoms with van der Waals surface area (Å²) in [4.78, 5) is 26.9. The topological polar surface area (TPSA) is 88.1 Å². The average molecular weight is 533 g/mol. The Bertz CT molecular complexity index is 1120. The van der Waals surface area contributed by atoms with Crippen molar-refractivity contribution in [1.29, 1.82) is 0 Å². The maximum atomic E-state index is 13.7. The maximum Gasteiger partial charge on any atom is 0.329 e. The molecule has 208 valence electrons. The van der Waals surface area contributed by atoms with Gasteiger partial charge in [0.1, 0.15) is 11.5 Å². The molecule has 2 N–H and O–H groups in total. The molecule has 1 fully saturated rings. The monoisotopic (exact) mass is 532 g/mol. The number of ether oxygens (including phenoxy) is 2. The van der Waals surface area contributed by atoms with Crippen LogP contribution in [0.15, 0.2) is 36.4 Å². The highest BCUT2D eigenvalue weighted by Crippen LogP contribution is 2.46. The highest BCUT2D eigenvalue weighted by molar-refractivity contribution is 5.88. The van der Waals surface area contributed by atoms with E-state index in [0.717, 1.165) is 22.3 Å². The lowest BCUT2D eigenvalue weighted by Gasteiger charge is -2.45. The van der Waals surface area contributed by atoms with Crippen molar-refractivity contribution in [1.82, 2.24) is 10.2 Å². The quantitative estimate of drug-likeness (QED) is 0.347. The Morgan fingerprint density at radius 3 is 2.18 bits per heavy atom. The predicted octanol–water partition coefficient (Wildman–Crippen LogP) is 6.06. The summed E-state index contributed by atoms with van der Waals surface area (Å²) < 4.78 is 39.0. The molecule has 38 heavy (non-hydrogen) atoms. The van der Waals surface area contributed by atoms with Crippen molar-refractivity contribution in [3.63, 3.8) is 0 Å². The molecule has 1 saturated carbocycles. The normalized spacial score (nSPS) is 16.2. The van der Waals surface area contributed by atoms with Crippen molar-refractivity contribution in [2.75, 3.05) is 19.8 Å². The van der Waals surface area contributed by atoms with Gasteiger partial charge in [0, 0.05) is 24.9 Å². The number of urea groups is 1. The van der Waals surface area contributed by atoms with E-state index in [1.54, 1.807) is 0 Å². The number of carboxylic acids is 1. The fourth-order valence-electron chi connectivity index (χ4n) is 4.91. The number of carbonyl (C=O) groups excluding carboxylic acids is 1. The number of alkyl halides is 2. The molecule has 1 unspecified atom stereocenters. The van der Waals surface area contributed by atoms with Gasteiger partial charge in [0.05, 0.1) is 19.3 Å². The van der Waals surface area contributed by atoms with Gasteiger partial charge in [-0.05, 0) is 70.7 Å². The Morgan fingerprint density at radius 2 is 1.68 bits per heavy atom. The number of benzene rings is 2. The summed E-state index contributed by atoms with van der Waals surface area (Å²) in [7, 11) is 0. The van der Waals surface area contributed by atoms with Crippen LogP contribution >= 0.6 is 0 Å². The molecule has 1 aliphatic carbocycles. The van der Waals surface area contributed by atoms with E-state index in [2.05, 4.69) is 11.4 Å². The Balaban J connectivity index is 1.90. The van der Waals surface area contributed by atoms with Crippen LogP contribution in [0, 0.1) is 13.8 Å². The maximum absolute atomic E-state index is 13.7. The number of nitrogens with one attached hydrogen (secondary N) is 1. The van der Waals surface area contributed by atoms with E-state index in [4.69, 9.17) is 9.47 Å². The van der Waals surface area contributed by atoms with Crippen molar-refractivity contribution in [3.8, 4) is 11.5 Å². The molecule has 0 saturated heterocycles. The van der Waals surface area contributed by atoms with E-state index in [-0.39, 0.29) is 6.54 Å². The second-order valence-corrected chi connectivity index (χ2v) is 10.00. The van der Waals surface area contributed by atoms with E-state index in [9.17, 15) is 23.5 Å². The average Bonchev–Trinajstić information content (AvgIpc) is 2.82. The minimum atomic E-state index is -3.12. The number of aryl methyl sites for hydroxylation is 2. The van der Waals surface area contributed by atoms with Gasteiger partial charge < -0.3 is 24.8 Å². The van der Waals surface area contributed by atoms with Crippen LogP contribution in [0.5, 0.6) is 11.5 Å². The highest BCUT2D eigenvalue weighted by Gasteiger charge is 2.62. The lowest BCUT2D eigenvalue weighted by Crippen LogP contribution is -2.68. The number of carbonyl (C=O) groups is 2. The van der Waals surface area contributed by atoms with E-state index >= 15 is 0 Å². The van der Waals surface area contributed by atoms with Gasteiger partial charge in [-0.3, -0.25) is 0 Å². The summed E-state index contributed by atoms with van der Waals surface area (Å²) >= 11 is 0. The molecule has 0 aliphatic heterocycles. The first-order chi connectivity index (χ1) is 17.9. The molecular formula is C29H38F2N2O5. The number of hydrogen-bond donors (Lipinski definition) is 2. The molecule has 1 atom stereocenters. The zero-order valence-corrected chi connectivity index (χ0v) is 22.8. The van der Waals surface area contributed by atoms with Crippen LogP contribution in [0.1, 0.15) is 68.3 Å². The Morgan fingerprint density at radius 1 is 1.08 bits per heavy atom. The summed E-state index contributed by atoms with van der Waals surface area (Å²) in [6.07, 6.45) is -0.567. The van der Waals surface area contributed by atoms with E-state index in [0.29, 0.717) is 37.6 Å². The largest absolute Gasteiger partial charge is 0.493 e. The van der Waals surface area contributed by atoms with Crippen LogP contribution in [0.4, 0.5) is 13.6 Å². The molecule has 0 heterocycles. The number of amides is 2. The van der Waals surface area contributed by atoms with Gasteiger partial charge in [-0.2, -0.15) is 0 Å². The number of hydrogen-bond acceptors (Lipinski definition) is 4. The van der Waals surface area contributed by atoms with Crippen molar-refractivity contribution in [3.05, 3.63) is 58.7 Å². The number of rotatable bonds is 12. The van der Waals surface area contributed by atoms with Crippen LogP contribution in [0.3, 0.4) is 0 Å². The second kappa shape index (κ2) is 12.0. The molecule has 7 nitrogen and oxygen atoms in total. The van der Waals surface area contributed by atoms with Crippen molar-refractivity contribution >= 4 is 12.0 Å². The first kappa shape index (κ1) is 29.2. The molecular weight excluding hydrogens is 494 g/mol.